The summed E-state index contributed by atoms with van der Waals surface area (Å²) in [6.07, 6.45) is 7.82. The minimum Gasteiger partial charge on any atom is -0.369 e. The van der Waals surface area contributed by atoms with E-state index in [0.29, 0.717) is 0 Å². The Bertz CT molecular complexity index is 446. The maximum Gasteiger partial charge on any atom is 0.285 e. The van der Waals surface area contributed by atoms with Gasteiger partial charge in [-0.2, -0.15) is 5.10 Å². The zero-order chi connectivity index (χ0) is 13.0. The SMILES string of the molecule is CCC[C@H]1CCCN(c2cn[nH]c(=O)c2Cl)CC1. The Kier molecular flexibility index (Phi) is 4.64. The molecule has 2 heterocycles. The third-order valence-electron chi connectivity index (χ3n) is 3.66. The van der Waals surface area contributed by atoms with Crippen molar-refractivity contribution in [1.29, 1.82) is 0 Å². The molecule has 4 nitrogen and oxygen atoms in total. The fourth-order valence-corrected chi connectivity index (χ4v) is 2.91. The zero-order valence-corrected chi connectivity index (χ0v) is 11.5. The molecule has 1 fully saturated rings. The summed E-state index contributed by atoms with van der Waals surface area (Å²) in [4.78, 5) is 13.7. The van der Waals surface area contributed by atoms with Crippen molar-refractivity contribution < 1.29 is 0 Å². The molecule has 1 aliphatic heterocycles. The van der Waals surface area contributed by atoms with Crippen molar-refractivity contribution in [2.45, 2.75) is 39.0 Å². The summed E-state index contributed by atoms with van der Waals surface area (Å²) in [5, 5.41) is 6.47. The molecule has 0 unspecified atom stereocenters. The molecule has 1 aliphatic rings. The summed E-state index contributed by atoms with van der Waals surface area (Å²) in [7, 11) is 0. The van der Waals surface area contributed by atoms with Crippen LogP contribution in [0.15, 0.2) is 11.0 Å². The fraction of sp³-hybridized carbons (Fsp3) is 0.692. The van der Waals surface area contributed by atoms with Crippen LogP contribution >= 0.6 is 11.6 Å². The van der Waals surface area contributed by atoms with E-state index in [1.54, 1.807) is 6.20 Å². The first-order valence-electron chi connectivity index (χ1n) is 6.70. The van der Waals surface area contributed by atoms with E-state index in [-0.39, 0.29) is 10.6 Å². The molecule has 1 N–H and O–H groups in total. The number of nitrogens with one attached hydrogen (secondary N) is 1. The highest BCUT2D eigenvalue weighted by atomic mass is 35.5. The highest BCUT2D eigenvalue weighted by Gasteiger charge is 2.19. The van der Waals surface area contributed by atoms with E-state index in [1.165, 1.54) is 25.7 Å². The molecule has 0 bridgehead atoms. The molecule has 1 aromatic rings. The van der Waals surface area contributed by atoms with Crippen molar-refractivity contribution in [3.05, 3.63) is 21.6 Å². The molecule has 1 atom stereocenters. The first-order valence-corrected chi connectivity index (χ1v) is 7.08. The monoisotopic (exact) mass is 269 g/mol. The van der Waals surface area contributed by atoms with Gasteiger partial charge < -0.3 is 4.90 Å². The summed E-state index contributed by atoms with van der Waals surface area (Å²) in [6.45, 7) is 4.17. The summed E-state index contributed by atoms with van der Waals surface area (Å²) in [5.74, 6) is 0.814. The largest absolute Gasteiger partial charge is 0.369 e. The highest BCUT2D eigenvalue weighted by Crippen LogP contribution is 2.27. The van der Waals surface area contributed by atoms with E-state index in [0.717, 1.165) is 31.1 Å². The van der Waals surface area contributed by atoms with Gasteiger partial charge in [0.1, 0.15) is 5.02 Å². The summed E-state index contributed by atoms with van der Waals surface area (Å²) >= 11 is 6.05. The minimum absolute atomic E-state index is 0.263. The molecule has 100 valence electrons. The van der Waals surface area contributed by atoms with E-state index in [9.17, 15) is 4.79 Å². The molecule has 18 heavy (non-hydrogen) atoms. The number of hydrogen-bond donors (Lipinski definition) is 1. The molecule has 1 aromatic heterocycles. The number of aromatic amines is 1. The van der Waals surface area contributed by atoms with Gasteiger partial charge in [-0.3, -0.25) is 4.79 Å². The lowest BCUT2D eigenvalue weighted by atomic mass is 9.96. The molecule has 0 amide bonds. The van der Waals surface area contributed by atoms with Crippen LogP contribution in [0.2, 0.25) is 5.02 Å². The van der Waals surface area contributed by atoms with Gasteiger partial charge in [0.2, 0.25) is 0 Å². The van der Waals surface area contributed by atoms with E-state index in [2.05, 4.69) is 22.0 Å². The van der Waals surface area contributed by atoms with Gasteiger partial charge in [0.05, 0.1) is 11.9 Å². The number of aromatic nitrogens is 2. The second-order valence-electron chi connectivity index (χ2n) is 4.97. The van der Waals surface area contributed by atoms with Gasteiger partial charge in [-0.1, -0.05) is 31.4 Å². The third kappa shape index (κ3) is 3.05. The molecular formula is C13H20ClN3O. The number of H-pyrrole nitrogens is 1. The second-order valence-corrected chi connectivity index (χ2v) is 5.35. The lowest BCUT2D eigenvalue weighted by Crippen LogP contribution is -2.27. The van der Waals surface area contributed by atoms with Crippen LogP contribution in [0.3, 0.4) is 0 Å². The van der Waals surface area contributed by atoms with Crippen LogP contribution in [0.5, 0.6) is 0 Å². The topological polar surface area (TPSA) is 49.0 Å². The van der Waals surface area contributed by atoms with Crippen LogP contribution in [0, 0.1) is 5.92 Å². The van der Waals surface area contributed by atoms with Crippen molar-refractivity contribution in [1.82, 2.24) is 10.2 Å². The van der Waals surface area contributed by atoms with Gasteiger partial charge in [0.15, 0.2) is 0 Å². The number of anilines is 1. The van der Waals surface area contributed by atoms with Crippen molar-refractivity contribution in [3.8, 4) is 0 Å². The van der Waals surface area contributed by atoms with Crippen LogP contribution in [-0.4, -0.2) is 23.3 Å². The van der Waals surface area contributed by atoms with Crippen molar-refractivity contribution in [2.75, 3.05) is 18.0 Å². The van der Waals surface area contributed by atoms with Gasteiger partial charge in [0, 0.05) is 13.1 Å². The van der Waals surface area contributed by atoms with Crippen LogP contribution in [-0.2, 0) is 0 Å². The normalized spacial score (nSPS) is 20.8. The molecule has 0 radical (unpaired) electrons. The van der Waals surface area contributed by atoms with Crippen molar-refractivity contribution in [2.24, 2.45) is 5.92 Å². The maximum absolute atomic E-state index is 11.5. The smallest absolute Gasteiger partial charge is 0.285 e. The quantitative estimate of drug-likeness (QED) is 0.918. The Hall–Kier alpha value is -1.03. The van der Waals surface area contributed by atoms with E-state index < -0.39 is 0 Å². The number of rotatable bonds is 3. The van der Waals surface area contributed by atoms with Gasteiger partial charge in [0.25, 0.3) is 5.56 Å². The fourth-order valence-electron chi connectivity index (χ4n) is 2.70. The number of halogens is 1. The molecule has 2 rings (SSSR count). The Morgan fingerprint density at radius 3 is 3.11 bits per heavy atom. The standard InChI is InChI=1S/C13H20ClN3O/c1-2-4-10-5-3-7-17(8-6-10)11-9-15-16-13(18)12(11)14/h9-10H,2-8H2,1H3,(H,16,18)/t10-/m0/s1. The molecule has 0 aromatic carbocycles. The summed E-state index contributed by atoms with van der Waals surface area (Å²) in [6, 6.07) is 0. The van der Waals surface area contributed by atoms with Crippen molar-refractivity contribution >= 4 is 17.3 Å². The van der Waals surface area contributed by atoms with Gasteiger partial charge >= 0.3 is 0 Å². The van der Waals surface area contributed by atoms with Crippen molar-refractivity contribution in [3.63, 3.8) is 0 Å². The Morgan fingerprint density at radius 2 is 2.33 bits per heavy atom. The Morgan fingerprint density at radius 1 is 1.50 bits per heavy atom. The van der Waals surface area contributed by atoms with Gasteiger partial charge in [-0.25, -0.2) is 5.10 Å². The zero-order valence-electron chi connectivity index (χ0n) is 10.8. The third-order valence-corrected chi connectivity index (χ3v) is 4.03. The van der Waals surface area contributed by atoms with E-state index >= 15 is 0 Å². The van der Waals surface area contributed by atoms with Crippen LogP contribution < -0.4 is 10.5 Å². The summed E-state index contributed by atoms with van der Waals surface area (Å²) in [5.41, 5.74) is 0.473. The maximum atomic E-state index is 11.5. The predicted octanol–water partition coefficient (Wildman–Crippen LogP) is 2.83. The molecule has 0 saturated carbocycles. The molecule has 0 aliphatic carbocycles. The lowest BCUT2D eigenvalue weighted by molar-refractivity contribution is 0.435. The van der Waals surface area contributed by atoms with Gasteiger partial charge in [-0.15, -0.1) is 0 Å². The van der Waals surface area contributed by atoms with Crippen LogP contribution in [0.25, 0.3) is 0 Å². The number of hydrogen-bond acceptors (Lipinski definition) is 3. The lowest BCUT2D eigenvalue weighted by Gasteiger charge is -2.22. The van der Waals surface area contributed by atoms with Crippen LogP contribution in [0.4, 0.5) is 5.69 Å². The first kappa shape index (κ1) is 13.4. The molecular weight excluding hydrogens is 250 g/mol. The molecule has 5 heteroatoms. The summed E-state index contributed by atoms with van der Waals surface area (Å²) < 4.78 is 0. The Balaban J connectivity index is 2.10. The van der Waals surface area contributed by atoms with Crippen LogP contribution in [0.1, 0.15) is 39.0 Å². The Labute approximate surface area is 112 Å². The average molecular weight is 270 g/mol. The predicted molar refractivity (Wildman–Crippen MR) is 74.3 cm³/mol. The molecule has 1 saturated heterocycles. The minimum atomic E-state index is -0.302. The average Bonchev–Trinajstić information content (AvgIpc) is 2.59. The van der Waals surface area contributed by atoms with Gasteiger partial charge in [-0.05, 0) is 25.2 Å². The second kappa shape index (κ2) is 6.23. The highest BCUT2D eigenvalue weighted by molar-refractivity contribution is 6.32. The number of nitrogens with zero attached hydrogens (tertiary/aromatic N) is 2. The first-order chi connectivity index (χ1) is 8.72. The molecule has 0 spiro atoms. The van der Waals surface area contributed by atoms with E-state index in [4.69, 9.17) is 11.6 Å². The van der Waals surface area contributed by atoms with E-state index in [1.807, 2.05) is 0 Å².